The molecule has 0 saturated heterocycles. The van der Waals surface area contributed by atoms with Gasteiger partial charge in [0.15, 0.2) is 0 Å². The Balaban J connectivity index is 1.98. The van der Waals surface area contributed by atoms with Gasteiger partial charge in [-0.2, -0.15) is 0 Å². The number of hydrogen-bond donors (Lipinski definition) is 2. The molecule has 0 radical (unpaired) electrons. The Labute approximate surface area is 121 Å². The number of para-hydroxylation sites is 1. The van der Waals surface area contributed by atoms with E-state index in [1.165, 1.54) is 4.90 Å². The van der Waals surface area contributed by atoms with Gasteiger partial charge in [-0.25, -0.2) is 0 Å². The van der Waals surface area contributed by atoms with E-state index in [-0.39, 0.29) is 0 Å². The zero-order valence-electron chi connectivity index (χ0n) is 11.4. The average Bonchev–Trinajstić information content (AvgIpc) is 2.71. The van der Waals surface area contributed by atoms with Crippen LogP contribution in [0.15, 0.2) is 54.6 Å². The second-order valence-electron chi connectivity index (χ2n) is 4.91. The zero-order valence-corrected chi connectivity index (χ0v) is 11.4. The van der Waals surface area contributed by atoms with Crippen molar-refractivity contribution >= 4 is 17.5 Å². The number of anilines is 1. The molecule has 2 aromatic rings. The van der Waals surface area contributed by atoms with E-state index in [0.717, 1.165) is 0 Å². The molecule has 1 aliphatic rings. The van der Waals surface area contributed by atoms with Crippen LogP contribution in [0, 0.1) is 0 Å². The average molecular weight is 282 g/mol. The summed E-state index contributed by atoms with van der Waals surface area (Å²) in [6, 6.07) is 15.3. The van der Waals surface area contributed by atoms with E-state index in [0.29, 0.717) is 16.8 Å². The number of nitrogens with one attached hydrogen (secondary N) is 1. The van der Waals surface area contributed by atoms with Gasteiger partial charge >= 0.3 is 0 Å². The third-order valence-corrected chi connectivity index (χ3v) is 3.60. The Bertz CT molecular complexity index is 714. The zero-order chi connectivity index (χ0) is 15.0. The van der Waals surface area contributed by atoms with Crippen molar-refractivity contribution < 1.29 is 14.7 Å². The molecule has 1 aliphatic heterocycles. The molecule has 1 heterocycles. The van der Waals surface area contributed by atoms with Gasteiger partial charge in [-0.1, -0.05) is 36.4 Å². The highest BCUT2D eigenvalue weighted by molar-refractivity contribution is 6.09. The number of hydrogen-bond acceptors (Lipinski definition) is 3. The van der Waals surface area contributed by atoms with E-state index in [2.05, 4.69) is 5.32 Å². The van der Waals surface area contributed by atoms with Crippen molar-refractivity contribution in [1.29, 1.82) is 0 Å². The van der Waals surface area contributed by atoms with Crippen LogP contribution in [0.5, 0.6) is 0 Å². The van der Waals surface area contributed by atoms with Crippen LogP contribution in [-0.4, -0.2) is 24.0 Å². The lowest BCUT2D eigenvalue weighted by atomic mass is 10.0. The summed E-state index contributed by atoms with van der Waals surface area (Å²) in [5.74, 6) is -1.08. The Hall–Kier alpha value is -2.66. The van der Waals surface area contributed by atoms with Gasteiger partial charge < -0.3 is 15.3 Å². The Kier molecular flexibility index (Phi) is 2.99. The normalized spacial score (nSPS) is 20.3. The fraction of sp³-hybridized carbons (Fsp3) is 0.125. The van der Waals surface area contributed by atoms with Crippen LogP contribution in [0.4, 0.5) is 5.69 Å². The summed E-state index contributed by atoms with van der Waals surface area (Å²) in [6.07, 6.45) is 0. The van der Waals surface area contributed by atoms with Gasteiger partial charge in [-0.3, -0.25) is 9.59 Å². The molecule has 3 rings (SSSR count). The summed E-state index contributed by atoms with van der Waals surface area (Å²) in [7, 11) is 1.56. The number of amides is 2. The molecule has 2 amide bonds. The summed E-state index contributed by atoms with van der Waals surface area (Å²) in [6.45, 7) is 0. The minimum atomic E-state index is -2.03. The van der Waals surface area contributed by atoms with E-state index in [9.17, 15) is 14.7 Å². The van der Waals surface area contributed by atoms with Gasteiger partial charge in [0, 0.05) is 18.2 Å². The maximum Gasteiger partial charge on any atom is 0.285 e. The quantitative estimate of drug-likeness (QED) is 0.814. The van der Waals surface area contributed by atoms with E-state index in [4.69, 9.17) is 0 Å². The van der Waals surface area contributed by atoms with Gasteiger partial charge in [0.2, 0.25) is 5.72 Å². The molecule has 5 nitrogen and oxygen atoms in total. The van der Waals surface area contributed by atoms with Gasteiger partial charge in [0.05, 0.1) is 5.69 Å². The summed E-state index contributed by atoms with van der Waals surface area (Å²) >= 11 is 0. The topological polar surface area (TPSA) is 69.6 Å². The highest BCUT2D eigenvalue weighted by atomic mass is 16.3. The monoisotopic (exact) mass is 282 g/mol. The smallest absolute Gasteiger partial charge is 0.285 e. The predicted molar refractivity (Wildman–Crippen MR) is 77.7 cm³/mol. The van der Waals surface area contributed by atoms with E-state index in [1.54, 1.807) is 61.6 Å². The number of fused-ring (bicyclic) bond motifs is 1. The van der Waals surface area contributed by atoms with Gasteiger partial charge in [-0.05, 0) is 18.2 Å². The van der Waals surface area contributed by atoms with Crippen LogP contribution in [-0.2, 0) is 10.5 Å². The van der Waals surface area contributed by atoms with Crippen molar-refractivity contribution in [2.45, 2.75) is 5.72 Å². The number of likely N-dealkylation sites (N-methyl/N-ethyl adjacent to an activating group) is 1. The number of rotatable bonds is 2. The molecule has 106 valence electrons. The largest absolute Gasteiger partial charge is 0.359 e. The Morgan fingerprint density at radius 3 is 2.43 bits per heavy atom. The summed E-state index contributed by atoms with van der Waals surface area (Å²) < 4.78 is 0. The standard InChI is InChI=1S/C16H14N2O3/c1-18-13-10-6-5-9-12(13)16(21,15(18)20)17-14(19)11-7-3-2-4-8-11/h2-10,21H,1H3,(H,17,19)/t16-/m1/s1. The molecule has 0 aromatic heterocycles. The minimum Gasteiger partial charge on any atom is -0.359 e. The lowest BCUT2D eigenvalue weighted by molar-refractivity contribution is -0.138. The second-order valence-corrected chi connectivity index (χ2v) is 4.91. The van der Waals surface area contributed by atoms with E-state index >= 15 is 0 Å². The Morgan fingerprint density at radius 2 is 1.71 bits per heavy atom. The molecular formula is C16H14N2O3. The molecule has 0 aliphatic carbocycles. The van der Waals surface area contributed by atoms with Crippen molar-refractivity contribution in [1.82, 2.24) is 5.32 Å². The molecular weight excluding hydrogens is 268 g/mol. The second kappa shape index (κ2) is 4.71. The number of benzene rings is 2. The van der Waals surface area contributed by atoms with Crippen LogP contribution in [0.3, 0.4) is 0 Å². The fourth-order valence-electron chi connectivity index (χ4n) is 2.49. The maximum absolute atomic E-state index is 12.3. The molecule has 2 aromatic carbocycles. The Morgan fingerprint density at radius 1 is 1.10 bits per heavy atom. The van der Waals surface area contributed by atoms with Gasteiger partial charge in [-0.15, -0.1) is 0 Å². The van der Waals surface area contributed by atoms with Crippen LogP contribution >= 0.6 is 0 Å². The highest BCUT2D eigenvalue weighted by Gasteiger charge is 2.49. The summed E-state index contributed by atoms with van der Waals surface area (Å²) in [4.78, 5) is 25.9. The number of nitrogens with zero attached hydrogens (tertiary/aromatic N) is 1. The van der Waals surface area contributed by atoms with Crippen molar-refractivity contribution in [2.24, 2.45) is 0 Å². The molecule has 5 heteroatoms. The van der Waals surface area contributed by atoms with Crippen LogP contribution in [0.2, 0.25) is 0 Å². The molecule has 0 saturated carbocycles. The maximum atomic E-state index is 12.3. The van der Waals surface area contributed by atoms with Crippen molar-refractivity contribution in [3.8, 4) is 0 Å². The third-order valence-electron chi connectivity index (χ3n) is 3.60. The first-order chi connectivity index (χ1) is 10.0. The van der Waals surface area contributed by atoms with Crippen LogP contribution in [0.1, 0.15) is 15.9 Å². The minimum absolute atomic E-state index is 0.377. The third kappa shape index (κ3) is 1.98. The number of carbonyl (C=O) groups excluding carboxylic acids is 2. The first kappa shape index (κ1) is 13.3. The number of carbonyl (C=O) groups is 2. The first-order valence-corrected chi connectivity index (χ1v) is 6.51. The molecule has 0 spiro atoms. The lowest BCUT2D eigenvalue weighted by Gasteiger charge is -2.23. The molecule has 2 N–H and O–H groups in total. The molecule has 1 atom stereocenters. The number of aliphatic hydroxyl groups is 1. The van der Waals surface area contributed by atoms with Gasteiger partial charge in [0.25, 0.3) is 11.8 Å². The van der Waals surface area contributed by atoms with Crippen molar-refractivity contribution in [3.63, 3.8) is 0 Å². The van der Waals surface area contributed by atoms with Gasteiger partial charge in [0.1, 0.15) is 0 Å². The molecule has 0 unspecified atom stereocenters. The lowest BCUT2D eigenvalue weighted by Crippen LogP contribution is -2.52. The first-order valence-electron chi connectivity index (χ1n) is 6.51. The molecule has 21 heavy (non-hydrogen) atoms. The van der Waals surface area contributed by atoms with E-state index in [1.807, 2.05) is 0 Å². The predicted octanol–water partition coefficient (Wildman–Crippen LogP) is 1.24. The summed E-state index contributed by atoms with van der Waals surface area (Å²) in [5, 5.41) is 13.1. The SMILES string of the molecule is CN1C(=O)[C@@](O)(NC(=O)c2ccccc2)c2ccccc21. The van der Waals surface area contributed by atoms with E-state index < -0.39 is 17.5 Å². The fourth-order valence-corrected chi connectivity index (χ4v) is 2.49. The van der Waals surface area contributed by atoms with Crippen molar-refractivity contribution in [2.75, 3.05) is 11.9 Å². The highest BCUT2D eigenvalue weighted by Crippen LogP contribution is 2.37. The molecule has 0 bridgehead atoms. The van der Waals surface area contributed by atoms with Crippen LogP contribution < -0.4 is 10.2 Å². The van der Waals surface area contributed by atoms with Crippen LogP contribution in [0.25, 0.3) is 0 Å². The van der Waals surface area contributed by atoms with Crippen molar-refractivity contribution in [3.05, 3.63) is 65.7 Å². The summed E-state index contributed by atoms with van der Waals surface area (Å²) in [5.41, 5.74) is -0.691. The molecule has 0 fully saturated rings.